The van der Waals surface area contributed by atoms with Gasteiger partial charge in [0.15, 0.2) is 5.16 Å². The lowest BCUT2D eigenvalue weighted by Gasteiger charge is -2.08. The van der Waals surface area contributed by atoms with Gasteiger partial charge in [0, 0.05) is 22.7 Å². The molecular formula is C17H17N5O3S2. The van der Waals surface area contributed by atoms with E-state index in [0.717, 1.165) is 17.0 Å². The average molecular weight is 403 g/mol. The van der Waals surface area contributed by atoms with Crippen molar-refractivity contribution in [3.8, 4) is 0 Å². The minimum absolute atomic E-state index is 0.242. The Bertz CT molecular complexity index is 1000. The van der Waals surface area contributed by atoms with Crippen molar-refractivity contribution in [3.05, 3.63) is 66.0 Å². The highest BCUT2D eigenvalue weighted by atomic mass is 32.2. The number of hydrogen-bond acceptors (Lipinski definition) is 6. The largest absolute Gasteiger partial charge is 0.322 e. The Hall–Kier alpha value is -2.85. The van der Waals surface area contributed by atoms with Crippen molar-refractivity contribution in [1.29, 1.82) is 0 Å². The summed E-state index contributed by atoms with van der Waals surface area (Å²) >= 11 is 1.52. The van der Waals surface area contributed by atoms with E-state index in [9.17, 15) is 13.2 Å². The molecule has 0 saturated carbocycles. The van der Waals surface area contributed by atoms with Gasteiger partial charge in [-0.2, -0.15) is 5.10 Å². The van der Waals surface area contributed by atoms with Crippen LogP contribution >= 0.6 is 11.8 Å². The second-order valence-electron chi connectivity index (χ2n) is 5.68. The summed E-state index contributed by atoms with van der Waals surface area (Å²) in [7, 11) is -3.33. The fraction of sp³-hybridized carbons (Fsp3) is 0.118. The molecule has 1 amide bonds. The maximum atomic E-state index is 12.3. The lowest BCUT2D eigenvalue weighted by atomic mass is 10.1. The molecule has 0 aliphatic carbocycles. The first-order valence-corrected chi connectivity index (χ1v) is 10.7. The van der Waals surface area contributed by atoms with Crippen LogP contribution in [-0.4, -0.2) is 35.8 Å². The van der Waals surface area contributed by atoms with Crippen LogP contribution in [0.3, 0.4) is 0 Å². The minimum Gasteiger partial charge on any atom is -0.322 e. The molecule has 3 rings (SSSR count). The monoisotopic (exact) mass is 403 g/mol. The second kappa shape index (κ2) is 8.23. The van der Waals surface area contributed by atoms with E-state index in [4.69, 9.17) is 0 Å². The molecule has 0 unspecified atom stereocenters. The Balaban J connectivity index is 1.57. The summed E-state index contributed by atoms with van der Waals surface area (Å²) in [5.41, 5.74) is 2.60. The van der Waals surface area contributed by atoms with Crippen LogP contribution in [0.4, 0.5) is 11.4 Å². The van der Waals surface area contributed by atoms with Gasteiger partial charge in [0.2, 0.25) is 10.0 Å². The highest BCUT2D eigenvalue weighted by molar-refractivity contribution is 7.98. The van der Waals surface area contributed by atoms with Crippen molar-refractivity contribution in [2.45, 2.75) is 10.9 Å². The summed E-state index contributed by atoms with van der Waals surface area (Å²) in [4.78, 5) is 16.4. The lowest BCUT2D eigenvalue weighted by Crippen LogP contribution is -2.12. The van der Waals surface area contributed by atoms with Crippen LogP contribution in [0.25, 0.3) is 0 Å². The quantitative estimate of drug-likeness (QED) is 0.522. The van der Waals surface area contributed by atoms with Crippen LogP contribution in [0.5, 0.6) is 0 Å². The third-order valence-corrected chi connectivity index (χ3v) is 4.98. The number of aromatic amines is 1. The minimum atomic E-state index is -3.33. The van der Waals surface area contributed by atoms with Gasteiger partial charge in [-0.15, -0.1) is 0 Å². The van der Waals surface area contributed by atoms with Crippen molar-refractivity contribution in [2.75, 3.05) is 16.3 Å². The van der Waals surface area contributed by atoms with Gasteiger partial charge in [-0.3, -0.25) is 14.6 Å². The Morgan fingerprint density at radius 3 is 2.33 bits per heavy atom. The number of amides is 1. The van der Waals surface area contributed by atoms with Gasteiger partial charge in [0.25, 0.3) is 5.91 Å². The third-order valence-electron chi connectivity index (χ3n) is 3.43. The van der Waals surface area contributed by atoms with Crippen LogP contribution in [0.15, 0.2) is 60.0 Å². The van der Waals surface area contributed by atoms with Gasteiger partial charge in [0.05, 0.1) is 6.26 Å². The highest BCUT2D eigenvalue weighted by Crippen LogP contribution is 2.19. The van der Waals surface area contributed by atoms with Crippen LogP contribution in [-0.2, 0) is 15.8 Å². The molecule has 0 saturated heterocycles. The van der Waals surface area contributed by atoms with Gasteiger partial charge in [-0.1, -0.05) is 23.9 Å². The molecule has 0 aliphatic rings. The number of benzene rings is 2. The van der Waals surface area contributed by atoms with Gasteiger partial charge in [-0.25, -0.2) is 13.4 Å². The standard InChI is InChI=1S/C17H17N5O3S2/c1-27(24,25)22-15-8-6-14(7-9-15)20-16(23)13-4-2-12(3-5-13)10-26-17-18-11-19-21-17/h2-9,11,22H,10H2,1H3,(H,20,23)(H,18,19,21). The van der Waals surface area contributed by atoms with E-state index < -0.39 is 10.0 Å². The number of sulfonamides is 1. The van der Waals surface area contributed by atoms with E-state index in [2.05, 4.69) is 25.2 Å². The molecule has 0 spiro atoms. The zero-order valence-corrected chi connectivity index (χ0v) is 16.0. The van der Waals surface area contributed by atoms with Crippen molar-refractivity contribution in [3.63, 3.8) is 0 Å². The van der Waals surface area contributed by atoms with E-state index in [0.29, 0.717) is 22.7 Å². The molecule has 0 aliphatic heterocycles. The number of nitrogens with one attached hydrogen (secondary N) is 3. The van der Waals surface area contributed by atoms with Crippen LogP contribution < -0.4 is 10.0 Å². The summed E-state index contributed by atoms with van der Waals surface area (Å²) in [5.74, 6) is 0.472. The first kappa shape index (κ1) is 18.9. The van der Waals surface area contributed by atoms with Crippen LogP contribution in [0, 0.1) is 0 Å². The fourth-order valence-electron chi connectivity index (χ4n) is 2.21. The molecule has 3 aromatic rings. The van der Waals surface area contributed by atoms with Gasteiger partial charge >= 0.3 is 0 Å². The molecule has 0 fully saturated rings. The molecule has 140 valence electrons. The zero-order valence-electron chi connectivity index (χ0n) is 14.3. The molecule has 1 heterocycles. The molecule has 0 atom stereocenters. The molecular weight excluding hydrogens is 386 g/mol. The van der Waals surface area contributed by atoms with Gasteiger partial charge in [-0.05, 0) is 42.0 Å². The Kier molecular flexibility index (Phi) is 5.77. The highest BCUT2D eigenvalue weighted by Gasteiger charge is 2.07. The Labute approximate surface area is 160 Å². The van der Waals surface area contributed by atoms with Crippen molar-refractivity contribution < 1.29 is 13.2 Å². The molecule has 8 nitrogen and oxygen atoms in total. The molecule has 1 aromatic heterocycles. The van der Waals surface area contributed by atoms with Crippen molar-refractivity contribution in [1.82, 2.24) is 15.2 Å². The summed E-state index contributed by atoms with van der Waals surface area (Å²) in [6.45, 7) is 0. The molecule has 2 aromatic carbocycles. The number of anilines is 2. The second-order valence-corrected chi connectivity index (χ2v) is 8.39. The van der Waals surface area contributed by atoms with Crippen molar-refractivity contribution in [2.24, 2.45) is 0 Å². The maximum absolute atomic E-state index is 12.3. The molecule has 3 N–H and O–H groups in total. The number of nitrogens with zero attached hydrogens (tertiary/aromatic N) is 2. The molecule has 0 bridgehead atoms. The number of carbonyl (C=O) groups excluding carboxylic acids is 1. The molecule has 10 heteroatoms. The number of thioether (sulfide) groups is 1. The number of aromatic nitrogens is 3. The summed E-state index contributed by atoms with van der Waals surface area (Å²) in [6.07, 6.45) is 2.54. The summed E-state index contributed by atoms with van der Waals surface area (Å²) in [6, 6.07) is 13.7. The zero-order chi connectivity index (χ0) is 19.3. The topological polar surface area (TPSA) is 117 Å². The number of carbonyl (C=O) groups is 1. The summed E-state index contributed by atoms with van der Waals surface area (Å²) < 4.78 is 24.8. The summed E-state index contributed by atoms with van der Waals surface area (Å²) in [5, 5.41) is 10.1. The smallest absolute Gasteiger partial charge is 0.255 e. The average Bonchev–Trinajstić information content (AvgIpc) is 3.14. The molecule has 27 heavy (non-hydrogen) atoms. The lowest BCUT2D eigenvalue weighted by molar-refractivity contribution is 0.102. The normalized spacial score (nSPS) is 11.1. The van der Waals surface area contributed by atoms with Crippen molar-refractivity contribution >= 4 is 39.1 Å². The molecule has 0 radical (unpaired) electrons. The third kappa shape index (κ3) is 5.83. The van der Waals surface area contributed by atoms with E-state index in [1.807, 2.05) is 12.1 Å². The van der Waals surface area contributed by atoms with E-state index in [1.54, 1.807) is 36.4 Å². The maximum Gasteiger partial charge on any atom is 0.255 e. The Morgan fingerprint density at radius 2 is 1.74 bits per heavy atom. The van der Waals surface area contributed by atoms with Crippen LogP contribution in [0.1, 0.15) is 15.9 Å². The fourth-order valence-corrected chi connectivity index (χ4v) is 3.51. The SMILES string of the molecule is CS(=O)(=O)Nc1ccc(NC(=O)c2ccc(CSc3ncn[nH]3)cc2)cc1. The van der Waals surface area contributed by atoms with Gasteiger partial charge in [0.1, 0.15) is 6.33 Å². The number of H-pyrrole nitrogens is 1. The predicted octanol–water partition coefficient (Wildman–Crippen LogP) is 2.72. The van der Waals surface area contributed by atoms with E-state index in [1.165, 1.54) is 18.1 Å². The van der Waals surface area contributed by atoms with Gasteiger partial charge < -0.3 is 5.32 Å². The predicted molar refractivity (Wildman–Crippen MR) is 105 cm³/mol. The Morgan fingerprint density at radius 1 is 1.07 bits per heavy atom. The number of hydrogen-bond donors (Lipinski definition) is 3. The van der Waals surface area contributed by atoms with Crippen LogP contribution in [0.2, 0.25) is 0 Å². The van der Waals surface area contributed by atoms with E-state index >= 15 is 0 Å². The first-order chi connectivity index (χ1) is 12.9. The number of rotatable bonds is 7. The first-order valence-electron chi connectivity index (χ1n) is 7.85. The van der Waals surface area contributed by atoms with E-state index in [-0.39, 0.29) is 5.91 Å².